The summed E-state index contributed by atoms with van der Waals surface area (Å²) in [5, 5.41) is 7.71. The third-order valence-corrected chi connectivity index (χ3v) is 4.75. The fraction of sp³-hybridized carbons (Fsp3) is 0.250. The van der Waals surface area contributed by atoms with Crippen molar-refractivity contribution < 1.29 is 22.6 Å². The molecule has 5 nitrogen and oxygen atoms in total. The summed E-state index contributed by atoms with van der Waals surface area (Å²) in [7, 11) is 3.09. The van der Waals surface area contributed by atoms with Crippen LogP contribution in [0.1, 0.15) is 11.1 Å². The number of anilines is 1. The number of methoxy groups -OCH3 is 2. The number of nitrogens with zero attached hydrogens (tertiary/aromatic N) is 2. The Morgan fingerprint density at radius 3 is 2.57 bits per heavy atom. The highest BCUT2D eigenvalue weighted by Gasteiger charge is 2.35. The summed E-state index contributed by atoms with van der Waals surface area (Å²) in [6, 6.07) is 10.7. The van der Waals surface area contributed by atoms with Crippen LogP contribution >= 0.6 is 0 Å². The predicted molar refractivity (Wildman–Crippen MR) is 99.3 cm³/mol. The Kier molecular flexibility index (Phi) is 4.41. The summed E-state index contributed by atoms with van der Waals surface area (Å²) in [6.07, 6.45) is -3.82. The van der Waals surface area contributed by atoms with Gasteiger partial charge in [0.2, 0.25) is 0 Å². The number of fused-ring (bicyclic) bond motifs is 1. The van der Waals surface area contributed by atoms with Gasteiger partial charge in [-0.15, -0.1) is 0 Å². The first-order valence-corrected chi connectivity index (χ1v) is 8.69. The number of halogens is 3. The minimum absolute atomic E-state index is 0.0145. The van der Waals surface area contributed by atoms with Crippen molar-refractivity contribution in [2.24, 2.45) is 0 Å². The Hall–Kier alpha value is -3.16. The SMILES string of the molecule is COc1ccc(-c2nn(-c3ccccc3C(F)(F)F)c3c2CCN3)c(OC)c1. The molecule has 3 aromatic rings. The van der Waals surface area contributed by atoms with Crippen molar-refractivity contribution in [3.05, 3.63) is 53.6 Å². The zero-order valence-electron chi connectivity index (χ0n) is 15.3. The molecule has 2 aromatic carbocycles. The van der Waals surface area contributed by atoms with Crippen LogP contribution in [0.15, 0.2) is 42.5 Å². The van der Waals surface area contributed by atoms with Gasteiger partial charge in [0, 0.05) is 23.7 Å². The lowest BCUT2D eigenvalue weighted by Gasteiger charge is -2.14. The molecule has 0 amide bonds. The minimum atomic E-state index is -4.48. The monoisotopic (exact) mass is 389 g/mol. The van der Waals surface area contributed by atoms with E-state index < -0.39 is 11.7 Å². The largest absolute Gasteiger partial charge is 0.497 e. The number of alkyl halides is 3. The molecule has 0 unspecified atom stereocenters. The van der Waals surface area contributed by atoms with Crippen molar-refractivity contribution in [1.82, 2.24) is 9.78 Å². The molecule has 0 atom stereocenters. The van der Waals surface area contributed by atoms with Crippen LogP contribution in [0.4, 0.5) is 19.0 Å². The maximum Gasteiger partial charge on any atom is 0.418 e. The van der Waals surface area contributed by atoms with Crippen molar-refractivity contribution in [3.8, 4) is 28.4 Å². The van der Waals surface area contributed by atoms with E-state index >= 15 is 0 Å². The number of benzene rings is 2. The number of hydrogen-bond acceptors (Lipinski definition) is 4. The maximum absolute atomic E-state index is 13.5. The molecule has 4 rings (SSSR count). The van der Waals surface area contributed by atoms with Gasteiger partial charge in [0.05, 0.1) is 25.5 Å². The molecule has 1 aliphatic heterocycles. The van der Waals surface area contributed by atoms with Gasteiger partial charge in [0.15, 0.2) is 0 Å². The predicted octanol–water partition coefficient (Wildman–Crippen LogP) is 4.54. The number of nitrogens with one attached hydrogen (secondary N) is 1. The lowest BCUT2D eigenvalue weighted by Crippen LogP contribution is -2.13. The number of ether oxygens (including phenoxy) is 2. The topological polar surface area (TPSA) is 48.3 Å². The lowest BCUT2D eigenvalue weighted by molar-refractivity contribution is -0.137. The van der Waals surface area contributed by atoms with E-state index in [1.54, 1.807) is 31.4 Å². The summed E-state index contributed by atoms with van der Waals surface area (Å²) in [5.74, 6) is 1.74. The molecule has 8 heteroatoms. The smallest absolute Gasteiger partial charge is 0.418 e. The summed E-state index contributed by atoms with van der Waals surface area (Å²) in [6.45, 7) is 0.632. The van der Waals surface area contributed by atoms with Crippen molar-refractivity contribution in [2.75, 3.05) is 26.1 Å². The molecule has 0 spiro atoms. The zero-order chi connectivity index (χ0) is 19.9. The zero-order valence-corrected chi connectivity index (χ0v) is 15.3. The summed E-state index contributed by atoms with van der Waals surface area (Å²) < 4.78 is 52.6. The molecule has 0 fully saturated rings. The number of rotatable bonds is 4. The van der Waals surface area contributed by atoms with Crippen LogP contribution in [0, 0.1) is 0 Å². The highest BCUT2D eigenvalue weighted by atomic mass is 19.4. The van der Waals surface area contributed by atoms with Crippen LogP contribution in [0.2, 0.25) is 0 Å². The highest BCUT2D eigenvalue weighted by Crippen LogP contribution is 2.41. The Balaban J connectivity index is 1.92. The van der Waals surface area contributed by atoms with E-state index in [1.165, 1.54) is 23.9 Å². The van der Waals surface area contributed by atoms with Crippen LogP contribution in [-0.4, -0.2) is 30.5 Å². The van der Waals surface area contributed by atoms with Gasteiger partial charge in [0.1, 0.15) is 23.0 Å². The van der Waals surface area contributed by atoms with E-state index in [9.17, 15) is 13.2 Å². The molecule has 2 heterocycles. The van der Waals surface area contributed by atoms with Crippen molar-refractivity contribution in [1.29, 1.82) is 0 Å². The molecule has 28 heavy (non-hydrogen) atoms. The van der Waals surface area contributed by atoms with Crippen LogP contribution in [0.3, 0.4) is 0 Å². The van der Waals surface area contributed by atoms with Gasteiger partial charge in [-0.05, 0) is 30.7 Å². The number of hydrogen-bond donors (Lipinski definition) is 1. The Labute approximate surface area is 159 Å². The molecule has 0 radical (unpaired) electrons. The van der Waals surface area contributed by atoms with Crippen molar-refractivity contribution >= 4 is 5.82 Å². The maximum atomic E-state index is 13.5. The second-order valence-corrected chi connectivity index (χ2v) is 6.35. The molecule has 146 valence electrons. The van der Waals surface area contributed by atoms with Gasteiger partial charge in [-0.2, -0.15) is 18.3 Å². The minimum Gasteiger partial charge on any atom is -0.497 e. The van der Waals surface area contributed by atoms with Crippen LogP contribution in [-0.2, 0) is 12.6 Å². The van der Waals surface area contributed by atoms with Gasteiger partial charge in [-0.3, -0.25) is 0 Å². The third-order valence-electron chi connectivity index (χ3n) is 4.75. The average Bonchev–Trinajstić information content (AvgIpc) is 3.29. The number of para-hydroxylation sites is 1. The van der Waals surface area contributed by atoms with Gasteiger partial charge in [-0.1, -0.05) is 12.1 Å². The molecule has 1 aliphatic rings. The fourth-order valence-electron chi connectivity index (χ4n) is 3.46. The first-order valence-electron chi connectivity index (χ1n) is 8.69. The Morgan fingerprint density at radius 2 is 1.86 bits per heavy atom. The molecule has 0 saturated heterocycles. The van der Waals surface area contributed by atoms with E-state index in [0.29, 0.717) is 41.5 Å². The van der Waals surface area contributed by atoms with E-state index in [4.69, 9.17) is 9.47 Å². The second kappa shape index (κ2) is 6.78. The molecule has 1 aromatic heterocycles. The van der Waals surface area contributed by atoms with Crippen LogP contribution in [0.5, 0.6) is 11.5 Å². The van der Waals surface area contributed by atoms with Crippen LogP contribution < -0.4 is 14.8 Å². The summed E-state index contributed by atoms with van der Waals surface area (Å²) >= 11 is 0. The molecule has 0 bridgehead atoms. The summed E-state index contributed by atoms with van der Waals surface area (Å²) in [4.78, 5) is 0. The molecular formula is C20H18F3N3O2. The van der Waals surface area contributed by atoms with E-state index in [-0.39, 0.29) is 5.69 Å². The third kappa shape index (κ3) is 2.94. The standard InChI is InChI=1S/C20H18F3N3O2/c1-27-12-7-8-13(17(11-12)28-2)18-14-9-10-24-19(14)26(25-18)16-6-4-3-5-15(16)20(21,22)23/h3-8,11,24H,9-10H2,1-2H3. The fourth-order valence-corrected chi connectivity index (χ4v) is 3.46. The quantitative estimate of drug-likeness (QED) is 0.712. The van der Waals surface area contributed by atoms with Gasteiger partial charge in [-0.25, -0.2) is 4.68 Å². The van der Waals surface area contributed by atoms with Crippen LogP contribution in [0.25, 0.3) is 16.9 Å². The van der Waals surface area contributed by atoms with Gasteiger partial charge in [0.25, 0.3) is 0 Å². The van der Waals surface area contributed by atoms with E-state index in [0.717, 1.165) is 11.6 Å². The second-order valence-electron chi connectivity index (χ2n) is 6.35. The van der Waals surface area contributed by atoms with Crippen molar-refractivity contribution in [3.63, 3.8) is 0 Å². The molecule has 1 N–H and O–H groups in total. The molecule has 0 aliphatic carbocycles. The summed E-state index contributed by atoms with van der Waals surface area (Å²) in [5.41, 5.74) is 1.41. The first-order chi connectivity index (χ1) is 13.4. The normalized spacial score (nSPS) is 13.2. The Morgan fingerprint density at radius 1 is 1.07 bits per heavy atom. The number of aromatic nitrogens is 2. The molecular weight excluding hydrogens is 371 g/mol. The lowest BCUT2D eigenvalue weighted by atomic mass is 10.1. The van der Waals surface area contributed by atoms with Gasteiger partial charge < -0.3 is 14.8 Å². The van der Waals surface area contributed by atoms with E-state index in [1.807, 2.05) is 0 Å². The van der Waals surface area contributed by atoms with Gasteiger partial charge >= 0.3 is 6.18 Å². The average molecular weight is 389 g/mol. The van der Waals surface area contributed by atoms with Crippen molar-refractivity contribution in [2.45, 2.75) is 12.6 Å². The Bertz CT molecular complexity index is 1030. The van der Waals surface area contributed by atoms with E-state index in [2.05, 4.69) is 10.4 Å². The molecule has 0 saturated carbocycles. The highest BCUT2D eigenvalue weighted by molar-refractivity contribution is 5.77. The first kappa shape index (κ1) is 18.2.